The minimum Gasteiger partial charge on any atom is -0.437 e. The van der Waals surface area contributed by atoms with E-state index in [-0.39, 0.29) is 18.2 Å². The summed E-state index contributed by atoms with van der Waals surface area (Å²) in [6.07, 6.45) is 3.19. The number of ether oxygens (including phenoxy) is 1. The summed E-state index contributed by atoms with van der Waals surface area (Å²) in [5.41, 5.74) is 3.52. The Morgan fingerprint density at radius 3 is 2.74 bits per heavy atom. The van der Waals surface area contributed by atoms with Gasteiger partial charge in [0.05, 0.1) is 31.6 Å². The van der Waals surface area contributed by atoms with E-state index in [0.717, 1.165) is 16.7 Å². The molecule has 0 spiro atoms. The Hall–Kier alpha value is -3.27. The highest BCUT2D eigenvalue weighted by molar-refractivity contribution is 6.62. The normalized spacial score (nSPS) is 13.6. The Morgan fingerprint density at radius 2 is 2.03 bits per heavy atom. The Morgan fingerprint density at radius 1 is 1.23 bits per heavy atom. The molecule has 3 N–H and O–H groups in total. The quantitative estimate of drug-likeness (QED) is 0.492. The van der Waals surface area contributed by atoms with Crippen molar-refractivity contribution in [3.05, 3.63) is 77.2 Å². The molecule has 0 saturated carbocycles. The predicted molar refractivity (Wildman–Crippen MR) is 114 cm³/mol. The van der Waals surface area contributed by atoms with Crippen molar-refractivity contribution in [2.75, 3.05) is 6.61 Å². The fourth-order valence-corrected chi connectivity index (χ4v) is 3.51. The van der Waals surface area contributed by atoms with Crippen molar-refractivity contribution >= 4 is 18.5 Å². The molecule has 0 bridgehead atoms. The van der Waals surface area contributed by atoms with Gasteiger partial charge in [0.25, 0.3) is 5.91 Å². The third-order valence-corrected chi connectivity index (χ3v) is 5.15. The van der Waals surface area contributed by atoms with Crippen molar-refractivity contribution < 1.29 is 24.3 Å². The Bertz CT molecular complexity index is 1060. The molecule has 1 aliphatic rings. The molecule has 0 saturated heterocycles. The minimum atomic E-state index is -0.967. The van der Waals surface area contributed by atoms with Gasteiger partial charge in [-0.1, -0.05) is 36.4 Å². The highest BCUT2D eigenvalue weighted by atomic mass is 16.5. The average Bonchev–Trinajstić information content (AvgIpc) is 3.17. The molecular formula is C22H22BN3O5. The van der Waals surface area contributed by atoms with Gasteiger partial charge in [-0.25, -0.2) is 9.97 Å². The molecule has 158 valence electrons. The molecule has 31 heavy (non-hydrogen) atoms. The summed E-state index contributed by atoms with van der Waals surface area (Å²) >= 11 is 0. The van der Waals surface area contributed by atoms with Crippen molar-refractivity contribution in [1.82, 2.24) is 15.3 Å². The second kappa shape index (κ2) is 9.26. The van der Waals surface area contributed by atoms with E-state index >= 15 is 0 Å². The van der Waals surface area contributed by atoms with Crippen molar-refractivity contribution in [3.8, 4) is 11.6 Å². The van der Waals surface area contributed by atoms with Crippen LogP contribution in [-0.4, -0.2) is 45.8 Å². The molecule has 4 rings (SSSR count). The summed E-state index contributed by atoms with van der Waals surface area (Å²) in [6, 6.07) is 12.8. The van der Waals surface area contributed by atoms with Crippen molar-refractivity contribution in [2.45, 2.75) is 26.0 Å². The number of nitrogens with one attached hydrogen (secondary N) is 1. The number of benzene rings is 2. The predicted octanol–water partition coefficient (Wildman–Crippen LogP) is 1.13. The monoisotopic (exact) mass is 419 g/mol. The van der Waals surface area contributed by atoms with Crippen LogP contribution in [0.3, 0.4) is 0 Å². The van der Waals surface area contributed by atoms with Gasteiger partial charge >= 0.3 is 7.12 Å². The van der Waals surface area contributed by atoms with Gasteiger partial charge < -0.3 is 24.8 Å². The van der Waals surface area contributed by atoms with Crippen LogP contribution < -0.4 is 15.5 Å². The number of amides is 1. The zero-order valence-corrected chi connectivity index (χ0v) is 17.0. The fraction of sp³-hybridized carbons (Fsp3) is 0.227. The van der Waals surface area contributed by atoms with Gasteiger partial charge in [0.2, 0.25) is 5.88 Å². The van der Waals surface area contributed by atoms with Gasteiger partial charge in [0.1, 0.15) is 11.4 Å². The van der Waals surface area contributed by atoms with E-state index in [4.69, 9.17) is 9.39 Å². The largest absolute Gasteiger partial charge is 0.492 e. The zero-order chi connectivity index (χ0) is 21.8. The number of hydrogen-bond donors (Lipinski definition) is 3. The number of rotatable bonds is 7. The second-order valence-corrected chi connectivity index (χ2v) is 7.31. The minimum absolute atomic E-state index is 0.119. The highest BCUT2D eigenvalue weighted by Crippen LogP contribution is 2.25. The summed E-state index contributed by atoms with van der Waals surface area (Å²) in [7, 11) is -0.967. The Labute approximate surface area is 180 Å². The number of fused-ring (bicyclic) bond motifs is 1. The number of carbonyl (C=O) groups is 1. The topological polar surface area (TPSA) is 114 Å². The van der Waals surface area contributed by atoms with Crippen LogP contribution in [0.4, 0.5) is 0 Å². The number of aromatic nitrogens is 2. The molecular weight excluding hydrogens is 397 g/mol. The molecule has 9 heteroatoms. The van der Waals surface area contributed by atoms with Gasteiger partial charge in [-0.15, -0.1) is 0 Å². The van der Waals surface area contributed by atoms with Crippen LogP contribution >= 0.6 is 0 Å². The molecule has 2 aromatic carbocycles. The first-order valence-electron chi connectivity index (χ1n) is 9.92. The molecule has 1 aromatic heterocycles. The van der Waals surface area contributed by atoms with Crippen LogP contribution in [0.25, 0.3) is 0 Å². The molecule has 0 radical (unpaired) electrons. The first-order chi connectivity index (χ1) is 15.0. The molecule has 2 heterocycles. The summed E-state index contributed by atoms with van der Waals surface area (Å²) < 4.78 is 11.0. The van der Waals surface area contributed by atoms with Crippen molar-refractivity contribution in [3.63, 3.8) is 0 Å². The molecule has 1 atom stereocenters. The van der Waals surface area contributed by atoms with E-state index in [1.165, 1.54) is 12.4 Å². The second-order valence-electron chi connectivity index (χ2n) is 7.31. The molecule has 8 nitrogen and oxygen atoms in total. The van der Waals surface area contributed by atoms with Crippen LogP contribution in [0.2, 0.25) is 0 Å². The summed E-state index contributed by atoms with van der Waals surface area (Å²) in [4.78, 5) is 20.8. The molecule has 0 unspecified atom stereocenters. The average molecular weight is 419 g/mol. The SMILES string of the molecule is Cc1c(Oc2cnc(C(=O)N[C@@H](CO)Cc3ccccc3)cn2)ccc2c1B(O)OC2. The number of aliphatic hydroxyl groups is 1. The van der Waals surface area contributed by atoms with Gasteiger partial charge in [-0.05, 0) is 41.6 Å². The third kappa shape index (κ3) is 4.74. The number of carbonyl (C=O) groups excluding carboxylic acids is 1. The van der Waals surface area contributed by atoms with Gasteiger partial charge in [0, 0.05) is 0 Å². The third-order valence-electron chi connectivity index (χ3n) is 5.15. The fourth-order valence-electron chi connectivity index (χ4n) is 3.51. The maximum Gasteiger partial charge on any atom is 0.492 e. The maximum absolute atomic E-state index is 12.5. The van der Waals surface area contributed by atoms with Crippen molar-refractivity contribution in [1.29, 1.82) is 0 Å². The van der Waals surface area contributed by atoms with Gasteiger partial charge in [-0.3, -0.25) is 4.79 Å². The van der Waals surface area contributed by atoms with E-state index in [0.29, 0.717) is 24.2 Å². The van der Waals surface area contributed by atoms with E-state index in [2.05, 4.69) is 15.3 Å². The van der Waals surface area contributed by atoms with Crippen LogP contribution in [0.5, 0.6) is 11.6 Å². The highest BCUT2D eigenvalue weighted by Gasteiger charge is 2.30. The summed E-state index contributed by atoms with van der Waals surface area (Å²) in [5.74, 6) is 0.317. The number of nitrogens with zero attached hydrogens (tertiary/aromatic N) is 2. The van der Waals surface area contributed by atoms with E-state index in [1.54, 1.807) is 6.07 Å². The molecule has 3 aromatic rings. The number of aliphatic hydroxyl groups excluding tert-OH is 1. The lowest BCUT2D eigenvalue weighted by Gasteiger charge is -2.16. The molecule has 1 aliphatic heterocycles. The Balaban J connectivity index is 1.41. The lowest BCUT2D eigenvalue weighted by molar-refractivity contribution is 0.0911. The van der Waals surface area contributed by atoms with Crippen LogP contribution in [-0.2, 0) is 17.7 Å². The lowest BCUT2D eigenvalue weighted by Crippen LogP contribution is -2.39. The molecule has 0 aliphatic carbocycles. The molecule has 1 amide bonds. The maximum atomic E-state index is 12.5. The first-order valence-corrected chi connectivity index (χ1v) is 9.92. The van der Waals surface area contributed by atoms with Crippen LogP contribution in [0.1, 0.15) is 27.2 Å². The van der Waals surface area contributed by atoms with Crippen LogP contribution in [0.15, 0.2) is 54.9 Å². The zero-order valence-electron chi connectivity index (χ0n) is 17.0. The first kappa shape index (κ1) is 21.0. The number of hydrogen-bond acceptors (Lipinski definition) is 7. The van der Waals surface area contributed by atoms with Gasteiger partial charge in [-0.2, -0.15) is 0 Å². The van der Waals surface area contributed by atoms with E-state index in [1.807, 2.05) is 43.3 Å². The molecule has 0 fully saturated rings. The van der Waals surface area contributed by atoms with Crippen LogP contribution in [0, 0.1) is 6.92 Å². The standard InChI is InChI=1S/C22H22BN3O5/c1-14-19(8-7-16-13-30-23(29)21(14)16)31-20-11-24-18(10-25-20)22(28)26-17(12-27)9-15-5-3-2-4-6-15/h2-8,10-11,17,27,29H,9,12-13H2,1H3,(H,26,28)/t17-/m1/s1. The van der Waals surface area contributed by atoms with E-state index < -0.39 is 19.1 Å². The Kier molecular flexibility index (Phi) is 6.27. The van der Waals surface area contributed by atoms with Crippen molar-refractivity contribution in [2.24, 2.45) is 0 Å². The summed E-state index contributed by atoms with van der Waals surface area (Å²) in [6.45, 7) is 2.01. The van der Waals surface area contributed by atoms with E-state index in [9.17, 15) is 14.9 Å². The van der Waals surface area contributed by atoms with Gasteiger partial charge in [0.15, 0.2) is 0 Å². The lowest BCUT2D eigenvalue weighted by atomic mass is 9.76. The summed E-state index contributed by atoms with van der Waals surface area (Å²) in [5, 5.41) is 22.3. The smallest absolute Gasteiger partial charge is 0.437 e.